The number of H-pyrrole nitrogens is 1. The van der Waals surface area contributed by atoms with E-state index in [1.54, 1.807) is 31.3 Å². The van der Waals surface area contributed by atoms with E-state index in [9.17, 15) is 15.3 Å². The quantitative estimate of drug-likeness (QED) is 0.00769. The van der Waals surface area contributed by atoms with E-state index in [4.69, 9.17) is 42.0 Å². The van der Waals surface area contributed by atoms with E-state index in [0.29, 0.717) is 167 Å². The molecule has 2 aromatic heterocycles. The molecule has 2 bridgehead atoms. The van der Waals surface area contributed by atoms with Gasteiger partial charge in [-0.15, -0.1) is 0 Å². The number of methoxy groups -OCH3 is 2. The van der Waals surface area contributed by atoms with Crippen molar-refractivity contribution in [3.63, 3.8) is 0 Å². The van der Waals surface area contributed by atoms with E-state index in [0.717, 1.165) is 63.4 Å². The van der Waals surface area contributed by atoms with Crippen molar-refractivity contribution in [1.29, 1.82) is 0 Å². The van der Waals surface area contributed by atoms with Gasteiger partial charge < -0.3 is 72.5 Å². The molecule has 2 aromatic carbocycles. The Balaban J connectivity index is 0.787. The third-order valence-electron chi connectivity index (χ3n) is 20.7. The number of nitrogens with one attached hydrogen (secondary N) is 2. The molecule has 1 amide bonds. The molecule has 10 atom stereocenters. The zero-order valence-corrected chi connectivity index (χ0v) is 59.7. The zero-order chi connectivity index (χ0) is 66.2. The van der Waals surface area contributed by atoms with Gasteiger partial charge in [0.1, 0.15) is 17.3 Å². The number of amides is 1. The molecule has 2 saturated heterocycles. The molecule has 93 heavy (non-hydrogen) atoms. The number of aromatic nitrogens is 3. The van der Waals surface area contributed by atoms with Crippen LogP contribution in [0.25, 0.3) is 10.9 Å². The van der Waals surface area contributed by atoms with E-state index in [-0.39, 0.29) is 18.5 Å². The standard InChI is InChI=1S/C69H105N7O14SSi2/c1-11-27-84-28-29-85-30-31-86-32-33-87-34-35-88-36-37-89-46-50-43-71-64(72-44-50)91-48-93(9,10)90-92(7,8)38-17-23-70-62(78)69(81)60-67(22-26-76-24-16-21-66(13-3,59(67)76)61(69)77)53-39-54(57(82-5)40-56(53)74(60)4)68(63(79)83-6)42-49-41-65(80,12-2)47-75(45-49)25-20-52-51-18-14-15-19-55(51)73-58(52)68/h14-16,18-19,21,39-40,43-44,49,59-61,73,77,80-81H,11-13,17,20,22-38,41-42,45-48H2,1-10H3,(H,70,78)/t49-,59+,60-,61-,65+,66-,67-,68+,69+/m1/s1. The second kappa shape index (κ2) is 30.6. The molecule has 1 spiro atoms. The van der Waals surface area contributed by atoms with Gasteiger partial charge in [0, 0.05) is 120 Å². The highest BCUT2D eigenvalue weighted by Gasteiger charge is 2.79. The number of carbonyl (C=O) groups is 2. The highest BCUT2D eigenvalue weighted by Crippen LogP contribution is 2.68. The summed E-state index contributed by atoms with van der Waals surface area (Å²) in [6.45, 7) is 24.8. The number of piperidine rings is 1. The second-order valence-electron chi connectivity index (χ2n) is 27.9. The highest BCUT2D eigenvalue weighted by molar-refractivity contribution is 8.00. The molecular weight excluding hydrogens is 1240 g/mol. The third kappa shape index (κ3) is 14.6. The van der Waals surface area contributed by atoms with Crippen molar-refractivity contribution in [3.8, 4) is 5.75 Å². The van der Waals surface area contributed by atoms with Gasteiger partial charge in [0.25, 0.3) is 5.91 Å². The van der Waals surface area contributed by atoms with Crippen LogP contribution >= 0.6 is 11.8 Å². The number of ether oxygens (including phenoxy) is 8. The fourth-order valence-electron chi connectivity index (χ4n) is 16.9. The highest BCUT2D eigenvalue weighted by atomic mass is 32.2. The fraction of sp³-hybridized carbons (Fsp3) is 0.681. The fourth-order valence-corrected chi connectivity index (χ4v) is 27.2. The Kier molecular flexibility index (Phi) is 23.5. The summed E-state index contributed by atoms with van der Waals surface area (Å²) in [6, 6.07) is 11.9. The lowest BCUT2D eigenvalue weighted by Crippen LogP contribution is -2.81. The number of aromatic amines is 1. The largest absolute Gasteiger partial charge is 0.496 e. The Labute approximate surface area is 556 Å². The van der Waals surface area contributed by atoms with Gasteiger partial charge in [0.2, 0.25) is 0 Å². The number of esters is 1. The number of fused-ring (bicyclic) bond motifs is 6. The van der Waals surface area contributed by atoms with Crippen LogP contribution in [0.5, 0.6) is 5.75 Å². The van der Waals surface area contributed by atoms with Crippen molar-refractivity contribution >= 4 is 56.9 Å². The molecule has 1 aliphatic carbocycles. The molecule has 21 nitrogen and oxygen atoms in total. The molecule has 514 valence electrons. The van der Waals surface area contributed by atoms with Crippen molar-refractivity contribution in [2.24, 2.45) is 11.3 Å². The molecule has 4 aromatic rings. The lowest BCUT2D eigenvalue weighted by Gasteiger charge is -2.63. The molecule has 7 heterocycles. The number of anilines is 1. The average Bonchev–Trinajstić information content (AvgIpc) is 1.52. The van der Waals surface area contributed by atoms with Crippen molar-refractivity contribution in [1.82, 2.24) is 30.1 Å². The predicted octanol–water partition coefficient (Wildman–Crippen LogP) is 7.31. The Hall–Kier alpha value is -4.36. The van der Waals surface area contributed by atoms with Crippen LogP contribution in [0.2, 0.25) is 32.2 Å². The lowest BCUT2D eigenvalue weighted by atomic mass is 9.47. The van der Waals surface area contributed by atoms with Gasteiger partial charge >= 0.3 is 5.97 Å². The Morgan fingerprint density at radius 1 is 0.817 bits per heavy atom. The van der Waals surface area contributed by atoms with Crippen LogP contribution in [0, 0.1) is 11.3 Å². The lowest BCUT2D eigenvalue weighted by molar-refractivity contribution is -0.203. The molecule has 24 heteroatoms. The van der Waals surface area contributed by atoms with Gasteiger partial charge in [-0.1, -0.05) is 62.9 Å². The number of hydrogen-bond acceptors (Lipinski definition) is 20. The molecule has 1 saturated carbocycles. The summed E-state index contributed by atoms with van der Waals surface area (Å²) in [5, 5.41) is 44.9. The monoisotopic (exact) mass is 1340 g/mol. The molecular formula is C69H105N7O14SSi2. The topological polar surface area (TPSA) is 241 Å². The molecule has 0 radical (unpaired) electrons. The van der Waals surface area contributed by atoms with E-state index in [1.807, 2.05) is 44.0 Å². The van der Waals surface area contributed by atoms with Gasteiger partial charge in [0.05, 0.1) is 98.5 Å². The molecule has 5 aliphatic heterocycles. The van der Waals surface area contributed by atoms with Gasteiger partial charge in [-0.2, -0.15) is 0 Å². The first-order chi connectivity index (χ1) is 44.7. The Morgan fingerprint density at radius 3 is 2.13 bits per heavy atom. The summed E-state index contributed by atoms with van der Waals surface area (Å²) in [5.74, 6) is -0.685. The molecule has 3 fully saturated rings. The van der Waals surface area contributed by atoms with E-state index in [1.165, 1.54) is 7.11 Å². The van der Waals surface area contributed by atoms with Crippen LogP contribution in [0.4, 0.5) is 5.69 Å². The number of para-hydroxylation sites is 1. The minimum absolute atomic E-state index is 0.112. The van der Waals surface area contributed by atoms with E-state index in [2.05, 4.69) is 93.5 Å². The maximum Gasteiger partial charge on any atom is 0.322 e. The summed E-state index contributed by atoms with van der Waals surface area (Å²) >= 11 is 1.60. The van der Waals surface area contributed by atoms with E-state index >= 15 is 9.59 Å². The average molecular weight is 1340 g/mol. The van der Waals surface area contributed by atoms with Crippen molar-refractivity contribution in [3.05, 3.63) is 88.9 Å². The van der Waals surface area contributed by atoms with Crippen molar-refractivity contribution in [2.75, 3.05) is 143 Å². The zero-order valence-electron chi connectivity index (χ0n) is 56.9. The van der Waals surface area contributed by atoms with Gasteiger partial charge in [0.15, 0.2) is 27.4 Å². The summed E-state index contributed by atoms with van der Waals surface area (Å²) in [7, 11) is 0.476. The predicted molar refractivity (Wildman–Crippen MR) is 364 cm³/mol. The number of likely N-dealkylation sites (N-methyl/N-ethyl adjacent to an activating group) is 1. The first-order valence-corrected chi connectivity index (χ1v) is 41.2. The molecule has 10 rings (SSSR count). The van der Waals surface area contributed by atoms with Crippen LogP contribution < -0.4 is 15.0 Å². The number of nitrogens with zero attached hydrogens (tertiary/aromatic N) is 5. The minimum Gasteiger partial charge on any atom is -0.496 e. The summed E-state index contributed by atoms with van der Waals surface area (Å²) < 4.78 is 53.1. The van der Waals surface area contributed by atoms with Crippen LogP contribution in [0.1, 0.15) is 93.7 Å². The maximum absolute atomic E-state index is 15.6. The van der Waals surface area contributed by atoms with Crippen molar-refractivity contribution < 1.29 is 66.9 Å². The van der Waals surface area contributed by atoms with Gasteiger partial charge in [-0.3, -0.25) is 19.4 Å². The number of carbonyl (C=O) groups excluding carboxylic acids is 2. The number of rotatable bonds is 34. The van der Waals surface area contributed by atoms with Crippen LogP contribution in [0.15, 0.2) is 66.1 Å². The first-order valence-electron chi connectivity index (χ1n) is 34.0. The first kappa shape index (κ1) is 71.4. The number of aliphatic hydroxyl groups is 3. The number of hydrogen-bond donors (Lipinski definition) is 5. The van der Waals surface area contributed by atoms with E-state index < -0.39 is 68.1 Å². The number of benzene rings is 2. The summed E-state index contributed by atoms with van der Waals surface area (Å²) in [4.78, 5) is 51.0. The normalized spacial score (nSPS) is 28.3. The summed E-state index contributed by atoms with van der Waals surface area (Å²) in [5.41, 5.74) is -0.736. The van der Waals surface area contributed by atoms with Gasteiger partial charge in [-0.25, -0.2) is 9.97 Å². The number of aliphatic hydroxyl groups excluding tert-OH is 1. The molecule has 6 aliphatic rings. The smallest absolute Gasteiger partial charge is 0.322 e. The Bertz CT molecular complexity index is 3200. The maximum atomic E-state index is 15.6. The Morgan fingerprint density at radius 2 is 1.48 bits per heavy atom. The number of thioether (sulfide) groups is 1. The minimum atomic E-state index is -2.30. The van der Waals surface area contributed by atoms with Crippen LogP contribution in [0.3, 0.4) is 0 Å². The third-order valence-corrected chi connectivity index (χ3v) is 30.5. The molecule has 5 N–H and O–H groups in total. The van der Waals surface area contributed by atoms with Crippen LogP contribution in [-0.4, -0.2) is 237 Å². The summed E-state index contributed by atoms with van der Waals surface area (Å²) in [6.07, 6.45) is 11.0. The van der Waals surface area contributed by atoms with Crippen molar-refractivity contribution in [2.45, 2.75) is 156 Å². The van der Waals surface area contributed by atoms with Gasteiger partial charge in [-0.05, 0) is 119 Å². The van der Waals surface area contributed by atoms with Crippen LogP contribution in [-0.2, 0) is 70.7 Å². The molecule has 1 unspecified atom stereocenters. The SMILES string of the molecule is CCCOCCOCCOCCOCCOCCOCc1cnc(SC[Si](C)(C)O[Si](C)(C)CCCNC(=O)[C@@]2(O)[C@H](O)[C@]3(CC)C=CCN4CC[C@@]5(c6cc([C@@]7(C(=O)OC)C[C@@H]8CN(CCc9c7[nH]c7ccccc97)C[C@](O)(CC)C8)c(OC)cc6N(C)[C@@H]25)[C@@H]43)nc1. The second-order valence-corrected chi connectivity index (χ2v) is 38.0.